The van der Waals surface area contributed by atoms with Gasteiger partial charge in [-0.15, -0.1) is 0 Å². The van der Waals surface area contributed by atoms with Gasteiger partial charge in [0.2, 0.25) is 5.75 Å². The molecule has 0 radical (unpaired) electrons. The number of pyridine rings is 1. The second-order valence-corrected chi connectivity index (χ2v) is 8.10. The number of aromatic amines is 1. The van der Waals surface area contributed by atoms with Crippen molar-refractivity contribution in [2.45, 2.75) is 32.2 Å². The number of aromatic hydroxyl groups is 1. The zero-order chi connectivity index (χ0) is 21.0. The maximum atomic E-state index is 12.4. The minimum absolute atomic E-state index is 0.393. The minimum Gasteiger partial charge on any atom is -0.504 e. The molecule has 0 atom stereocenters. The van der Waals surface area contributed by atoms with Gasteiger partial charge in [0, 0.05) is 41.3 Å². The van der Waals surface area contributed by atoms with Crippen molar-refractivity contribution >= 4 is 17.1 Å². The molecule has 0 bridgehead atoms. The predicted molar refractivity (Wildman–Crippen MR) is 111 cm³/mol. The fourth-order valence-corrected chi connectivity index (χ4v) is 4.57. The Morgan fingerprint density at radius 2 is 2.00 bits per heavy atom. The summed E-state index contributed by atoms with van der Waals surface area (Å²) >= 11 is 0. The normalized spacial score (nSPS) is 15.9. The van der Waals surface area contributed by atoms with E-state index < -0.39 is 23.2 Å². The molecule has 0 amide bonds. The number of hydrogen-bond acceptors (Lipinski definition) is 5. The Morgan fingerprint density at radius 1 is 1.20 bits per heavy atom. The summed E-state index contributed by atoms with van der Waals surface area (Å²) < 4.78 is 6.75. The van der Waals surface area contributed by atoms with Gasteiger partial charge in [0.1, 0.15) is 0 Å². The summed E-state index contributed by atoms with van der Waals surface area (Å²) in [5.74, 6) is -0.960. The summed E-state index contributed by atoms with van der Waals surface area (Å²) in [6.07, 6.45) is 1.69. The molecule has 1 aliphatic carbocycles. The highest BCUT2D eigenvalue weighted by atomic mass is 16.7. The van der Waals surface area contributed by atoms with Crippen LogP contribution < -0.4 is 10.3 Å². The smallest absolute Gasteiger partial charge is 0.504 e. The number of benzene rings is 1. The second kappa shape index (κ2) is 6.91. The number of nitrogens with one attached hydrogen (secondary N) is 1. The molecule has 156 valence electrons. The van der Waals surface area contributed by atoms with Crippen LogP contribution in [-0.2, 0) is 26.4 Å². The maximum absolute atomic E-state index is 12.4. The van der Waals surface area contributed by atoms with Crippen LogP contribution in [0.3, 0.4) is 0 Å². The summed E-state index contributed by atoms with van der Waals surface area (Å²) in [7, 11) is 2.08. The fourth-order valence-electron chi connectivity index (χ4n) is 4.57. The lowest BCUT2D eigenvalue weighted by Gasteiger charge is -2.30. The molecule has 0 saturated carbocycles. The third-order valence-electron chi connectivity index (χ3n) is 6.28. The fraction of sp³-hybridized carbons (Fsp3) is 0.364. The van der Waals surface area contributed by atoms with Crippen LogP contribution in [-0.4, -0.2) is 43.9 Å². The monoisotopic (exact) mass is 409 g/mol. The summed E-state index contributed by atoms with van der Waals surface area (Å²) in [5, 5.41) is 20.5. The van der Waals surface area contributed by atoms with Gasteiger partial charge in [-0.25, -0.2) is 4.79 Å². The van der Waals surface area contributed by atoms with Gasteiger partial charge in [-0.1, -0.05) is 0 Å². The molecule has 8 nitrogen and oxygen atoms in total. The predicted octanol–water partition coefficient (Wildman–Crippen LogP) is 2.99. The molecule has 1 aromatic carbocycles. The lowest BCUT2D eigenvalue weighted by Crippen LogP contribution is -2.36. The molecule has 0 spiro atoms. The van der Waals surface area contributed by atoms with E-state index in [2.05, 4.69) is 44.4 Å². The molecule has 1 aliphatic heterocycles. The lowest BCUT2D eigenvalue weighted by atomic mass is 9.99. The lowest BCUT2D eigenvalue weighted by molar-refractivity contribution is 0.142. The Hall–Kier alpha value is -3.26. The Labute approximate surface area is 172 Å². The van der Waals surface area contributed by atoms with E-state index in [1.807, 2.05) is 0 Å². The van der Waals surface area contributed by atoms with Crippen LogP contribution in [0.1, 0.15) is 29.7 Å². The van der Waals surface area contributed by atoms with Gasteiger partial charge in [0.25, 0.3) is 5.56 Å². The summed E-state index contributed by atoms with van der Waals surface area (Å²) in [5.41, 5.74) is 4.65. The maximum Gasteiger partial charge on any atom is 0.511 e. The first-order chi connectivity index (χ1) is 14.4. The average molecular weight is 409 g/mol. The van der Waals surface area contributed by atoms with Gasteiger partial charge in [-0.05, 0) is 62.5 Å². The third kappa shape index (κ3) is 2.95. The molecular weight excluding hydrogens is 386 g/mol. The van der Waals surface area contributed by atoms with Gasteiger partial charge in [0.15, 0.2) is 5.75 Å². The number of carboxylic acid groups (broad SMARTS) is 1. The first kappa shape index (κ1) is 18.7. The van der Waals surface area contributed by atoms with E-state index in [0.29, 0.717) is 17.7 Å². The summed E-state index contributed by atoms with van der Waals surface area (Å²) in [4.78, 5) is 28.5. The number of aromatic nitrogens is 2. The van der Waals surface area contributed by atoms with Crippen LogP contribution in [0.5, 0.6) is 11.5 Å². The average Bonchev–Trinajstić information content (AvgIpc) is 2.85. The molecule has 2 aliphatic rings. The number of rotatable bonds is 3. The topological polar surface area (TPSA) is 108 Å². The number of hydrogen-bond donors (Lipinski definition) is 3. The van der Waals surface area contributed by atoms with E-state index in [0.717, 1.165) is 54.5 Å². The molecule has 3 heterocycles. The first-order valence-corrected chi connectivity index (χ1v) is 10.1. The number of carbonyl (C=O) groups is 1. The van der Waals surface area contributed by atoms with Gasteiger partial charge in [-0.3, -0.25) is 9.69 Å². The van der Waals surface area contributed by atoms with Crippen LogP contribution in [0.2, 0.25) is 0 Å². The number of aryl methyl sites for hydroxylation is 2. The molecule has 3 N–H and O–H groups in total. The van der Waals surface area contributed by atoms with Crippen molar-refractivity contribution in [1.29, 1.82) is 0 Å². The minimum atomic E-state index is -1.63. The van der Waals surface area contributed by atoms with Crippen molar-refractivity contribution in [2.24, 2.45) is 7.05 Å². The molecular formula is C22H23N3O5. The summed E-state index contributed by atoms with van der Waals surface area (Å²) in [6.45, 7) is 3.18. The number of fused-ring (bicyclic) bond motifs is 4. The van der Waals surface area contributed by atoms with Gasteiger partial charge in [0.05, 0.1) is 5.69 Å². The standard InChI is InChI=1S/C22H23N3O5/c1-24-14(11-25-6-3-7-25)8-13-9-16-12(10-17(13)24)4-2-5-15-18(16)23-21(27)20(19(15)26)30-22(28)29/h8-10H,2-7,11H2,1H3,(H,28,29)(H2,23,26,27). The Balaban J connectivity index is 1.66. The van der Waals surface area contributed by atoms with E-state index in [9.17, 15) is 14.7 Å². The van der Waals surface area contributed by atoms with Gasteiger partial charge >= 0.3 is 6.16 Å². The highest BCUT2D eigenvalue weighted by Gasteiger charge is 2.25. The zero-order valence-corrected chi connectivity index (χ0v) is 16.7. The summed E-state index contributed by atoms with van der Waals surface area (Å²) in [6, 6.07) is 6.40. The SMILES string of the molecule is Cn1c(CN2CCC2)cc2cc3c(cc21)CCCc1c-3[nH]c(=O)c(OC(=O)O)c1O. The Bertz CT molecular complexity index is 1240. The largest absolute Gasteiger partial charge is 0.511 e. The number of nitrogens with zero attached hydrogens (tertiary/aromatic N) is 2. The van der Waals surface area contributed by atoms with Crippen molar-refractivity contribution in [3.63, 3.8) is 0 Å². The molecule has 3 aromatic rings. The highest BCUT2D eigenvalue weighted by molar-refractivity contribution is 5.89. The molecule has 1 saturated heterocycles. The van der Waals surface area contributed by atoms with E-state index in [4.69, 9.17) is 5.11 Å². The van der Waals surface area contributed by atoms with Crippen LogP contribution in [0, 0.1) is 0 Å². The quantitative estimate of drug-likeness (QED) is 0.574. The number of H-pyrrole nitrogens is 1. The number of likely N-dealkylation sites (tertiary alicyclic amines) is 1. The molecule has 30 heavy (non-hydrogen) atoms. The van der Waals surface area contributed by atoms with Crippen molar-refractivity contribution in [1.82, 2.24) is 14.5 Å². The molecule has 0 unspecified atom stereocenters. The van der Waals surface area contributed by atoms with E-state index >= 15 is 0 Å². The number of ether oxygens (including phenoxy) is 1. The zero-order valence-electron chi connectivity index (χ0n) is 16.7. The van der Waals surface area contributed by atoms with Crippen LogP contribution in [0.25, 0.3) is 22.2 Å². The van der Waals surface area contributed by atoms with Gasteiger partial charge in [-0.2, -0.15) is 0 Å². The van der Waals surface area contributed by atoms with Crippen LogP contribution in [0.4, 0.5) is 4.79 Å². The van der Waals surface area contributed by atoms with E-state index in [1.54, 1.807) is 0 Å². The Morgan fingerprint density at radius 3 is 2.70 bits per heavy atom. The van der Waals surface area contributed by atoms with E-state index in [-0.39, 0.29) is 0 Å². The highest BCUT2D eigenvalue weighted by Crippen LogP contribution is 2.40. The van der Waals surface area contributed by atoms with Crippen molar-refractivity contribution in [3.8, 4) is 22.8 Å². The molecule has 1 fully saturated rings. The van der Waals surface area contributed by atoms with Crippen LogP contribution >= 0.6 is 0 Å². The molecule has 8 heteroatoms. The molecule has 5 rings (SSSR count). The van der Waals surface area contributed by atoms with E-state index in [1.165, 1.54) is 12.1 Å². The Kier molecular flexibility index (Phi) is 4.32. The van der Waals surface area contributed by atoms with Crippen molar-refractivity contribution in [2.75, 3.05) is 13.1 Å². The molecule has 2 aromatic heterocycles. The van der Waals surface area contributed by atoms with Crippen molar-refractivity contribution in [3.05, 3.63) is 45.4 Å². The second-order valence-electron chi connectivity index (χ2n) is 8.10. The van der Waals surface area contributed by atoms with Gasteiger partial charge < -0.3 is 24.5 Å². The van der Waals surface area contributed by atoms with Crippen molar-refractivity contribution < 1.29 is 19.7 Å². The third-order valence-corrected chi connectivity index (χ3v) is 6.28. The van der Waals surface area contributed by atoms with Crippen LogP contribution in [0.15, 0.2) is 23.0 Å². The first-order valence-electron chi connectivity index (χ1n) is 10.1.